The van der Waals surface area contributed by atoms with Crippen LogP contribution >= 0.6 is 0 Å². The van der Waals surface area contributed by atoms with Crippen molar-refractivity contribution in [2.45, 2.75) is 25.3 Å². The van der Waals surface area contributed by atoms with Crippen molar-refractivity contribution in [3.8, 4) is 11.4 Å². The van der Waals surface area contributed by atoms with Crippen molar-refractivity contribution >= 4 is 11.8 Å². The molecule has 0 aliphatic carbocycles. The summed E-state index contributed by atoms with van der Waals surface area (Å²) in [5.74, 6) is -0.0293. The van der Waals surface area contributed by atoms with Crippen molar-refractivity contribution in [1.29, 1.82) is 0 Å². The Kier molecular flexibility index (Phi) is 5.94. The largest absolute Gasteiger partial charge is 0.368 e. The molecular weight excluding hydrogens is 344 g/mol. The average molecular weight is 364 g/mol. The molecule has 0 saturated heterocycles. The van der Waals surface area contributed by atoms with Crippen molar-refractivity contribution in [2.24, 2.45) is 5.73 Å². The van der Waals surface area contributed by atoms with E-state index in [1.165, 1.54) is 0 Å². The lowest BCUT2D eigenvalue weighted by molar-refractivity contribution is -0.127. The fraction of sp³-hybridized carbons (Fsp3) is 0.200. The van der Waals surface area contributed by atoms with Crippen LogP contribution in [0.1, 0.15) is 17.9 Å². The number of nitrogens with one attached hydrogen (secondary N) is 1. The van der Waals surface area contributed by atoms with Crippen LogP contribution in [0.25, 0.3) is 11.4 Å². The number of carbonyl (C=O) groups excluding carboxylic acids is 2. The Labute approximate surface area is 156 Å². The molecule has 0 saturated carbocycles. The van der Waals surface area contributed by atoms with E-state index < -0.39 is 11.9 Å². The summed E-state index contributed by atoms with van der Waals surface area (Å²) in [7, 11) is 0. The maximum Gasteiger partial charge on any atom is 0.240 e. The van der Waals surface area contributed by atoms with E-state index in [1.807, 2.05) is 60.7 Å². The molecular formula is C20H20N4O3. The molecule has 3 rings (SSSR count). The third-order valence-electron chi connectivity index (χ3n) is 4.03. The number of benzene rings is 2. The smallest absolute Gasteiger partial charge is 0.240 e. The summed E-state index contributed by atoms with van der Waals surface area (Å²) in [4.78, 5) is 28.1. The van der Waals surface area contributed by atoms with Gasteiger partial charge >= 0.3 is 0 Å². The number of hydrogen-bond acceptors (Lipinski definition) is 5. The van der Waals surface area contributed by atoms with Crippen molar-refractivity contribution in [1.82, 2.24) is 15.5 Å². The van der Waals surface area contributed by atoms with Crippen LogP contribution in [0, 0.1) is 0 Å². The molecule has 138 valence electrons. The summed E-state index contributed by atoms with van der Waals surface area (Å²) in [6, 6.07) is 18.1. The first-order chi connectivity index (χ1) is 13.1. The second kappa shape index (κ2) is 8.75. The predicted molar refractivity (Wildman–Crippen MR) is 99.3 cm³/mol. The van der Waals surface area contributed by atoms with E-state index >= 15 is 0 Å². The van der Waals surface area contributed by atoms with Gasteiger partial charge in [-0.3, -0.25) is 9.59 Å². The van der Waals surface area contributed by atoms with Gasteiger partial charge in [-0.15, -0.1) is 0 Å². The molecule has 1 aromatic heterocycles. The van der Waals surface area contributed by atoms with Gasteiger partial charge in [-0.1, -0.05) is 65.8 Å². The Hall–Kier alpha value is -3.48. The predicted octanol–water partition coefficient (Wildman–Crippen LogP) is 1.88. The summed E-state index contributed by atoms with van der Waals surface area (Å²) in [5, 5.41) is 6.59. The van der Waals surface area contributed by atoms with Crippen LogP contribution in [0.5, 0.6) is 0 Å². The molecule has 3 N–H and O–H groups in total. The lowest BCUT2D eigenvalue weighted by atomic mass is 10.1. The summed E-state index contributed by atoms with van der Waals surface area (Å²) in [5.41, 5.74) is 7.18. The van der Waals surface area contributed by atoms with Crippen molar-refractivity contribution in [3.05, 3.63) is 72.1 Å². The molecule has 0 aliphatic heterocycles. The van der Waals surface area contributed by atoms with E-state index in [-0.39, 0.29) is 18.7 Å². The van der Waals surface area contributed by atoms with Crippen LogP contribution < -0.4 is 11.1 Å². The molecule has 0 bridgehead atoms. The summed E-state index contributed by atoms with van der Waals surface area (Å²) >= 11 is 0. The zero-order valence-electron chi connectivity index (χ0n) is 14.7. The maximum absolute atomic E-state index is 12.2. The molecule has 7 heteroatoms. The maximum atomic E-state index is 12.2. The average Bonchev–Trinajstić information content (AvgIpc) is 3.16. The number of primary amides is 1. The molecule has 0 radical (unpaired) electrons. The first-order valence-electron chi connectivity index (χ1n) is 8.62. The second-order valence-electron chi connectivity index (χ2n) is 6.09. The molecule has 2 aromatic carbocycles. The van der Waals surface area contributed by atoms with Crippen LogP contribution in [-0.2, 0) is 22.4 Å². The van der Waals surface area contributed by atoms with E-state index in [0.717, 1.165) is 11.1 Å². The molecule has 0 spiro atoms. The Bertz CT molecular complexity index is 894. The molecule has 0 fully saturated rings. The Morgan fingerprint density at radius 3 is 2.37 bits per heavy atom. The molecule has 0 aliphatic rings. The van der Waals surface area contributed by atoms with Crippen LogP contribution in [0.4, 0.5) is 0 Å². The number of aryl methyl sites for hydroxylation is 1. The normalized spacial score (nSPS) is 11.7. The van der Waals surface area contributed by atoms with E-state index in [9.17, 15) is 9.59 Å². The van der Waals surface area contributed by atoms with Gasteiger partial charge in [0.05, 0.1) is 0 Å². The highest BCUT2D eigenvalue weighted by atomic mass is 16.5. The number of nitrogens with two attached hydrogens (primary N) is 1. The van der Waals surface area contributed by atoms with Gasteiger partial charge in [0, 0.05) is 24.8 Å². The van der Waals surface area contributed by atoms with Gasteiger partial charge in [0.25, 0.3) is 0 Å². The van der Waals surface area contributed by atoms with Gasteiger partial charge in [-0.05, 0) is 5.56 Å². The third-order valence-corrected chi connectivity index (χ3v) is 4.03. The third kappa shape index (κ3) is 5.24. The molecule has 27 heavy (non-hydrogen) atoms. The quantitative estimate of drug-likeness (QED) is 0.634. The number of amides is 2. The fourth-order valence-electron chi connectivity index (χ4n) is 2.62. The number of nitrogens with zero attached hydrogens (tertiary/aromatic N) is 2. The molecule has 3 aromatic rings. The first-order valence-corrected chi connectivity index (χ1v) is 8.62. The highest BCUT2D eigenvalue weighted by Crippen LogP contribution is 2.15. The van der Waals surface area contributed by atoms with Crippen LogP contribution in [0.3, 0.4) is 0 Å². The fourth-order valence-corrected chi connectivity index (χ4v) is 2.62. The Balaban J connectivity index is 1.54. The monoisotopic (exact) mass is 364 g/mol. The molecule has 1 heterocycles. The zero-order valence-corrected chi connectivity index (χ0v) is 14.7. The molecule has 0 unspecified atom stereocenters. The first kappa shape index (κ1) is 18.3. The minimum absolute atomic E-state index is 0.120. The van der Waals surface area contributed by atoms with Gasteiger partial charge in [-0.25, -0.2) is 0 Å². The minimum Gasteiger partial charge on any atom is -0.368 e. The highest BCUT2D eigenvalue weighted by Gasteiger charge is 2.19. The van der Waals surface area contributed by atoms with Crippen LogP contribution in [0.2, 0.25) is 0 Å². The lowest BCUT2D eigenvalue weighted by Crippen LogP contribution is -2.45. The van der Waals surface area contributed by atoms with Crippen LogP contribution in [-0.4, -0.2) is 28.0 Å². The van der Waals surface area contributed by atoms with E-state index in [1.54, 1.807) is 0 Å². The van der Waals surface area contributed by atoms with Gasteiger partial charge in [0.1, 0.15) is 6.04 Å². The topological polar surface area (TPSA) is 111 Å². The lowest BCUT2D eigenvalue weighted by Gasteiger charge is -2.15. The van der Waals surface area contributed by atoms with Crippen LogP contribution in [0.15, 0.2) is 65.2 Å². The van der Waals surface area contributed by atoms with Gasteiger partial charge in [0.15, 0.2) is 0 Å². The summed E-state index contributed by atoms with van der Waals surface area (Å²) < 4.78 is 5.18. The molecule has 7 nitrogen and oxygen atoms in total. The number of hydrogen-bond donors (Lipinski definition) is 2. The number of aromatic nitrogens is 2. The number of rotatable bonds is 8. The molecule has 2 amide bonds. The van der Waals surface area contributed by atoms with E-state index in [2.05, 4.69) is 15.5 Å². The van der Waals surface area contributed by atoms with Crippen molar-refractivity contribution in [2.75, 3.05) is 0 Å². The standard InChI is InChI=1S/C20H20N4O3/c21-19(26)16(13-14-7-3-1-4-8-14)22-17(25)11-12-18-23-20(24-27-18)15-9-5-2-6-10-15/h1-10,16H,11-13H2,(H2,21,26)(H,22,25)/t16-/m1/s1. The highest BCUT2D eigenvalue weighted by molar-refractivity contribution is 5.86. The van der Waals surface area contributed by atoms with Gasteiger partial charge in [0.2, 0.25) is 23.5 Å². The molecule has 1 atom stereocenters. The van der Waals surface area contributed by atoms with Crippen molar-refractivity contribution in [3.63, 3.8) is 0 Å². The SMILES string of the molecule is NC(=O)[C@@H](Cc1ccccc1)NC(=O)CCc1nc(-c2ccccc2)no1. The van der Waals surface area contributed by atoms with Crippen molar-refractivity contribution < 1.29 is 14.1 Å². The second-order valence-corrected chi connectivity index (χ2v) is 6.09. The van der Waals surface area contributed by atoms with Gasteiger partial charge in [-0.2, -0.15) is 4.98 Å². The minimum atomic E-state index is -0.762. The summed E-state index contributed by atoms with van der Waals surface area (Å²) in [6.07, 6.45) is 0.748. The zero-order chi connectivity index (χ0) is 19.1. The van der Waals surface area contributed by atoms with E-state index in [0.29, 0.717) is 18.1 Å². The van der Waals surface area contributed by atoms with E-state index in [4.69, 9.17) is 10.3 Å². The Morgan fingerprint density at radius 1 is 1.04 bits per heavy atom. The van der Waals surface area contributed by atoms with Gasteiger partial charge < -0.3 is 15.6 Å². The summed E-state index contributed by atoms with van der Waals surface area (Å²) in [6.45, 7) is 0. The Morgan fingerprint density at radius 2 is 1.70 bits per heavy atom. The number of carbonyl (C=O) groups is 2.